The number of rotatable bonds is 6. The molecule has 10 nitrogen and oxygen atoms in total. The lowest BCUT2D eigenvalue weighted by atomic mass is 10.1. The van der Waals surface area contributed by atoms with Gasteiger partial charge in [-0.15, -0.1) is 0 Å². The molecule has 1 aliphatic heterocycles. The Hall–Kier alpha value is -2.05. The lowest BCUT2D eigenvalue weighted by molar-refractivity contribution is 0.423. The number of nitrogens with zero attached hydrogens (tertiary/aromatic N) is 5. The molecule has 0 N–H and O–H groups in total. The summed E-state index contributed by atoms with van der Waals surface area (Å²) in [5.74, 6) is 0.453. The van der Waals surface area contributed by atoms with Crippen molar-refractivity contribution in [2.75, 3.05) is 37.5 Å². The monoisotopic (exact) mass is 443 g/mol. The number of hydrogen-bond donors (Lipinski definition) is 0. The molecule has 29 heavy (non-hydrogen) atoms. The van der Waals surface area contributed by atoms with Crippen LogP contribution in [0.1, 0.15) is 23.4 Å². The van der Waals surface area contributed by atoms with Gasteiger partial charge in [0.25, 0.3) is 0 Å². The van der Waals surface area contributed by atoms with Gasteiger partial charge in [-0.3, -0.25) is 0 Å². The maximum absolute atomic E-state index is 12.9. The molecular weight excluding hydrogens is 418 g/mol. The van der Waals surface area contributed by atoms with Gasteiger partial charge < -0.3 is 9.42 Å². The Morgan fingerprint density at radius 3 is 2.45 bits per heavy atom. The topological polar surface area (TPSA) is 127 Å². The molecule has 0 radical (unpaired) electrons. The summed E-state index contributed by atoms with van der Waals surface area (Å²) in [6.07, 6.45) is 1.69. The highest BCUT2D eigenvalue weighted by Crippen LogP contribution is 2.30. The van der Waals surface area contributed by atoms with Gasteiger partial charge in [0.2, 0.25) is 16.0 Å². The van der Waals surface area contributed by atoms with Crippen LogP contribution in [0.5, 0.6) is 0 Å². The maximum atomic E-state index is 12.9. The number of anilines is 1. The first-order valence-electron chi connectivity index (χ1n) is 9.04. The molecule has 2 aromatic rings. The van der Waals surface area contributed by atoms with Crippen molar-refractivity contribution in [1.29, 1.82) is 0 Å². The highest BCUT2D eigenvalue weighted by molar-refractivity contribution is 7.95. The summed E-state index contributed by atoms with van der Waals surface area (Å²) in [5, 5.41) is 3.02. The van der Waals surface area contributed by atoms with E-state index < -0.39 is 25.1 Å². The molecule has 1 fully saturated rings. The minimum atomic E-state index is -3.81. The fourth-order valence-corrected chi connectivity index (χ4v) is 7.38. The highest BCUT2D eigenvalue weighted by atomic mass is 32.2. The van der Waals surface area contributed by atoms with Gasteiger partial charge in [0, 0.05) is 32.9 Å². The Kier molecular flexibility index (Phi) is 5.71. The van der Waals surface area contributed by atoms with Crippen LogP contribution in [0.2, 0.25) is 0 Å². The fourth-order valence-electron chi connectivity index (χ4n) is 3.15. The SMILES string of the molecule is Cc1noc(-c2cnc(N(C)C)nc2CN(C)S(=O)(=O)C2CCS(=O)(=O)C2)c1C. The molecule has 0 aliphatic carbocycles. The van der Waals surface area contributed by atoms with Crippen LogP contribution < -0.4 is 4.90 Å². The van der Waals surface area contributed by atoms with Gasteiger partial charge in [-0.1, -0.05) is 5.16 Å². The molecule has 0 bridgehead atoms. The second-order valence-electron chi connectivity index (χ2n) is 7.47. The van der Waals surface area contributed by atoms with Crippen molar-refractivity contribution in [2.24, 2.45) is 0 Å². The minimum Gasteiger partial charge on any atom is -0.356 e. The van der Waals surface area contributed by atoms with E-state index in [0.717, 1.165) is 15.6 Å². The second-order valence-corrected chi connectivity index (χ2v) is 12.0. The molecule has 0 spiro atoms. The molecular formula is C17H25N5O5S2. The zero-order valence-electron chi connectivity index (χ0n) is 17.1. The van der Waals surface area contributed by atoms with Crippen molar-refractivity contribution in [2.45, 2.75) is 32.1 Å². The van der Waals surface area contributed by atoms with Crippen LogP contribution in [-0.4, -0.2) is 74.2 Å². The van der Waals surface area contributed by atoms with Crippen LogP contribution in [-0.2, 0) is 26.4 Å². The van der Waals surface area contributed by atoms with Crippen molar-refractivity contribution in [3.05, 3.63) is 23.1 Å². The quantitative estimate of drug-likeness (QED) is 0.636. The fraction of sp³-hybridized carbons (Fsp3) is 0.588. The summed E-state index contributed by atoms with van der Waals surface area (Å²) in [7, 11) is -2.13. The number of aromatic nitrogens is 3. The Morgan fingerprint density at radius 1 is 1.24 bits per heavy atom. The summed E-state index contributed by atoms with van der Waals surface area (Å²) in [6, 6.07) is 0. The lowest BCUT2D eigenvalue weighted by Crippen LogP contribution is -2.36. The van der Waals surface area contributed by atoms with Gasteiger partial charge in [0.1, 0.15) is 0 Å². The maximum Gasteiger partial charge on any atom is 0.225 e. The molecule has 2 aromatic heterocycles. The summed E-state index contributed by atoms with van der Waals surface area (Å²) in [4.78, 5) is 10.5. The minimum absolute atomic E-state index is 0.0449. The van der Waals surface area contributed by atoms with Crippen LogP contribution in [0.4, 0.5) is 5.95 Å². The molecule has 0 saturated carbocycles. The Morgan fingerprint density at radius 2 is 1.93 bits per heavy atom. The van der Waals surface area contributed by atoms with Gasteiger partial charge in [0.15, 0.2) is 15.6 Å². The predicted octanol–water partition coefficient (Wildman–Crippen LogP) is 0.763. The smallest absolute Gasteiger partial charge is 0.225 e. The second kappa shape index (κ2) is 7.65. The molecule has 12 heteroatoms. The average Bonchev–Trinajstić information content (AvgIpc) is 3.17. The Balaban J connectivity index is 1.98. The van der Waals surface area contributed by atoms with Crippen LogP contribution in [0.3, 0.4) is 0 Å². The van der Waals surface area contributed by atoms with E-state index in [1.54, 1.807) is 25.2 Å². The van der Waals surface area contributed by atoms with Crippen LogP contribution >= 0.6 is 0 Å². The molecule has 1 aliphatic rings. The van der Waals surface area contributed by atoms with Crippen molar-refractivity contribution in [1.82, 2.24) is 19.4 Å². The van der Waals surface area contributed by atoms with E-state index in [1.165, 1.54) is 7.05 Å². The number of sulfone groups is 1. The lowest BCUT2D eigenvalue weighted by Gasteiger charge is -2.22. The molecule has 3 rings (SSSR count). The highest BCUT2D eigenvalue weighted by Gasteiger charge is 2.39. The summed E-state index contributed by atoms with van der Waals surface area (Å²) in [5.41, 5.74) is 2.55. The average molecular weight is 444 g/mol. The van der Waals surface area contributed by atoms with Crippen LogP contribution in [0.15, 0.2) is 10.7 Å². The number of hydrogen-bond acceptors (Lipinski definition) is 9. The zero-order chi connectivity index (χ0) is 21.6. The van der Waals surface area contributed by atoms with Gasteiger partial charge in [-0.2, -0.15) is 4.31 Å². The Labute approximate surface area is 170 Å². The molecule has 0 aromatic carbocycles. The van der Waals surface area contributed by atoms with Gasteiger partial charge in [0.05, 0.1) is 40.3 Å². The number of sulfonamides is 1. The van der Waals surface area contributed by atoms with E-state index in [1.807, 2.05) is 13.8 Å². The predicted molar refractivity (Wildman–Crippen MR) is 109 cm³/mol. The van der Waals surface area contributed by atoms with Crippen molar-refractivity contribution in [3.63, 3.8) is 0 Å². The summed E-state index contributed by atoms with van der Waals surface area (Å²) in [6.45, 7) is 3.62. The third-order valence-electron chi connectivity index (χ3n) is 5.08. The molecule has 0 amide bonds. The third-order valence-corrected chi connectivity index (χ3v) is 9.30. The molecule has 160 valence electrons. The van der Waals surface area contributed by atoms with E-state index in [-0.39, 0.29) is 24.5 Å². The zero-order valence-corrected chi connectivity index (χ0v) is 18.7. The van der Waals surface area contributed by atoms with E-state index in [4.69, 9.17) is 4.52 Å². The van der Waals surface area contributed by atoms with Crippen molar-refractivity contribution < 1.29 is 21.4 Å². The van der Waals surface area contributed by atoms with Crippen LogP contribution in [0, 0.1) is 13.8 Å². The summed E-state index contributed by atoms with van der Waals surface area (Å²) >= 11 is 0. The first kappa shape index (κ1) is 21.7. The van der Waals surface area contributed by atoms with Crippen LogP contribution in [0.25, 0.3) is 11.3 Å². The standard InChI is InChI=1S/C17H25N5O5S2/c1-11-12(2)20-27-16(11)14-8-18-17(21(3)4)19-15(14)9-22(5)29(25,26)13-6-7-28(23,24)10-13/h8,13H,6-7,9-10H2,1-5H3. The molecule has 3 heterocycles. The first-order valence-corrected chi connectivity index (χ1v) is 12.4. The van der Waals surface area contributed by atoms with Gasteiger partial charge in [-0.05, 0) is 20.3 Å². The normalized spacial score (nSPS) is 19.0. The van der Waals surface area contributed by atoms with Gasteiger partial charge in [-0.25, -0.2) is 26.8 Å². The first-order chi connectivity index (χ1) is 13.4. The summed E-state index contributed by atoms with van der Waals surface area (Å²) < 4.78 is 55.9. The molecule has 1 unspecified atom stereocenters. The molecule has 1 atom stereocenters. The Bertz CT molecular complexity index is 1130. The third kappa shape index (κ3) is 4.28. The van der Waals surface area contributed by atoms with E-state index in [0.29, 0.717) is 23.0 Å². The van der Waals surface area contributed by atoms with E-state index >= 15 is 0 Å². The van der Waals surface area contributed by atoms with E-state index in [2.05, 4.69) is 15.1 Å². The van der Waals surface area contributed by atoms with Crippen molar-refractivity contribution >= 4 is 25.8 Å². The van der Waals surface area contributed by atoms with Gasteiger partial charge >= 0.3 is 0 Å². The number of aryl methyl sites for hydroxylation is 1. The van der Waals surface area contributed by atoms with Crippen molar-refractivity contribution in [3.8, 4) is 11.3 Å². The van der Waals surface area contributed by atoms with E-state index in [9.17, 15) is 16.8 Å². The molecule has 1 saturated heterocycles. The largest absolute Gasteiger partial charge is 0.356 e.